The number of carbonyl (C=O) groups is 1. The van der Waals surface area contributed by atoms with Crippen LogP contribution in [0.25, 0.3) is 0 Å². The normalized spacial score (nSPS) is 10.5. The Morgan fingerprint density at radius 1 is 1.00 bits per heavy atom. The molecule has 0 aliphatic rings. The molecule has 0 aliphatic carbocycles. The fraction of sp³-hybridized carbons (Fsp3) is 0.350. The summed E-state index contributed by atoms with van der Waals surface area (Å²) in [6.07, 6.45) is 2.22. The summed E-state index contributed by atoms with van der Waals surface area (Å²) >= 11 is 0. The molecular weight excluding hydrogens is 316 g/mol. The van der Waals surface area contributed by atoms with Crippen LogP contribution in [0.2, 0.25) is 0 Å². The fourth-order valence-electron chi connectivity index (χ4n) is 2.34. The van der Waals surface area contributed by atoms with Crippen LogP contribution < -0.4 is 15.4 Å². The summed E-state index contributed by atoms with van der Waals surface area (Å²) in [7, 11) is 3.58. The van der Waals surface area contributed by atoms with Gasteiger partial charge in [0.25, 0.3) is 0 Å². The minimum atomic E-state index is 0.0237. The Hall–Kier alpha value is -2.37. The van der Waals surface area contributed by atoms with Crippen molar-refractivity contribution in [3.05, 3.63) is 54.1 Å². The maximum atomic E-state index is 11.8. The number of hydrogen-bond donors (Lipinski definition) is 2. The first-order chi connectivity index (χ1) is 12.2. The molecule has 0 aliphatic heterocycles. The lowest BCUT2D eigenvalue weighted by Crippen LogP contribution is -2.15. The number of benzene rings is 2. The van der Waals surface area contributed by atoms with E-state index in [1.165, 1.54) is 5.56 Å². The Bertz CT molecular complexity index is 639. The molecule has 0 spiro atoms. The topological polar surface area (TPSA) is 59.6 Å². The first-order valence-electron chi connectivity index (χ1n) is 8.51. The van der Waals surface area contributed by atoms with Crippen LogP contribution >= 0.6 is 0 Å². The van der Waals surface area contributed by atoms with E-state index >= 15 is 0 Å². The molecule has 5 nitrogen and oxygen atoms in total. The summed E-state index contributed by atoms with van der Waals surface area (Å²) in [6.45, 7) is 1.55. The Balaban J connectivity index is 1.84. The maximum absolute atomic E-state index is 11.8. The molecule has 0 fully saturated rings. The van der Waals surface area contributed by atoms with Gasteiger partial charge in [-0.25, -0.2) is 0 Å². The number of ether oxygens (including phenoxy) is 2. The zero-order valence-electron chi connectivity index (χ0n) is 14.9. The van der Waals surface area contributed by atoms with Gasteiger partial charge in [-0.15, -0.1) is 0 Å². The van der Waals surface area contributed by atoms with Gasteiger partial charge >= 0.3 is 0 Å². The van der Waals surface area contributed by atoms with Crippen molar-refractivity contribution >= 4 is 11.6 Å². The van der Waals surface area contributed by atoms with Gasteiger partial charge in [0.1, 0.15) is 11.5 Å². The lowest BCUT2D eigenvalue weighted by atomic mass is 10.1. The molecule has 5 heteroatoms. The number of nitrogens with one attached hydrogen (secondary N) is 2. The van der Waals surface area contributed by atoms with Gasteiger partial charge in [-0.05, 0) is 68.4 Å². The van der Waals surface area contributed by atoms with Gasteiger partial charge in [0, 0.05) is 19.2 Å². The number of rotatable bonds is 10. The molecule has 2 rings (SSSR count). The highest BCUT2D eigenvalue weighted by Crippen LogP contribution is 2.23. The van der Waals surface area contributed by atoms with E-state index in [1.54, 1.807) is 7.11 Å². The molecule has 0 bridgehead atoms. The van der Waals surface area contributed by atoms with Crippen molar-refractivity contribution in [2.24, 2.45) is 0 Å². The van der Waals surface area contributed by atoms with Gasteiger partial charge in [0.05, 0.1) is 6.61 Å². The van der Waals surface area contributed by atoms with Crippen molar-refractivity contribution in [2.45, 2.75) is 19.3 Å². The third-order valence-electron chi connectivity index (χ3n) is 3.72. The largest absolute Gasteiger partial charge is 0.457 e. The molecule has 0 heterocycles. The van der Waals surface area contributed by atoms with E-state index in [-0.39, 0.29) is 5.91 Å². The average molecular weight is 342 g/mol. The van der Waals surface area contributed by atoms with Gasteiger partial charge < -0.3 is 20.1 Å². The molecule has 1 amide bonds. The second-order valence-electron chi connectivity index (χ2n) is 5.77. The van der Waals surface area contributed by atoms with Crippen LogP contribution in [0.1, 0.15) is 18.4 Å². The summed E-state index contributed by atoms with van der Waals surface area (Å²) in [6, 6.07) is 15.4. The van der Waals surface area contributed by atoms with E-state index in [1.807, 2.05) is 55.6 Å². The predicted octanol–water partition coefficient (Wildman–Crippen LogP) is 3.61. The van der Waals surface area contributed by atoms with Crippen molar-refractivity contribution in [1.82, 2.24) is 5.32 Å². The molecule has 2 aromatic rings. The Morgan fingerprint density at radius 2 is 1.64 bits per heavy atom. The first kappa shape index (κ1) is 19.0. The first-order valence-corrected chi connectivity index (χ1v) is 8.51. The Kier molecular flexibility index (Phi) is 7.95. The maximum Gasteiger partial charge on any atom is 0.224 e. The van der Waals surface area contributed by atoms with E-state index in [2.05, 4.69) is 10.6 Å². The van der Waals surface area contributed by atoms with Gasteiger partial charge in [-0.2, -0.15) is 0 Å². The number of methoxy groups -OCH3 is 1. The zero-order chi connectivity index (χ0) is 17.9. The van der Waals surface area contributed by atoms with Crippen molar-refractivity contribution in [2.75, 3.05) is 32.6 Å². The molecule has 0 unspecified atom stereocenters. The highest BCUT2D eigenvalue weighted by Gasteiger charge is 2.03. The van der Waals surface area contributed by atoms with Crippen LogP contribution in [0.15, 0.2) is 48.5 Å². The summed E-state index contributed by atoms with van der Waals surface area (Å²) in [5.41, 5.74) is 1.99. The Labute approximate surface area is 149 Å². The van der Waals surface area contributed by atoms with E-state index in [4.69, 9.17) is 9.47 Å². The van der Waals surface area contributed by atoms with Crippen LogP contribution in [0.5, 0.6) is 11.5 Å². The molecule has 0 aromatic heterocycles. The molecule has 25 heavy (non-hydrogen) atoms. The quantitative estimate of drug-likeness (QED) is 0.648. The molecular formula is C20H26N2O3. The molecule has 0 saturated heterocycles. The van der Waals surface area contributed by atoms with Gasteiger partial charge in [-0.1, -0.05) is 12.1 Å². The molecule has 2 aromatic carbocycles. The number of amides is 1. The summed E-state index contributed by atoms with van der Waals surface area (Å²) in [5.74, 6) is 1.54. The average Bonchev–Trinajstić information content (AvgIpc) is 2.63. The van der Waals surface area contributed by atoms with Crippen LogP contribution in [0.4, 0.5) is 5.69 Å². The SMILES string of the molecule is CNCCCC(=O)Nc1ccc(Oc2ccc(CCOC)cc2)cc1. The van der Waals surface area contributed by atoms with Crippen molar-refractivity contribution in [1.29, 1.82) is 0 Å². The fourth-order valence-corrected chi connectivity index (χ4v) is 2.34. The van der Waals surface area contributed by atoms with Crippen LogP contribution in [0, 0.1) is 0 Å². The molecule has 2 N–H and O–H groups in total. The third-order valence-corrected chi connectivity index (χ3v) is 3.72. The monoisotopic (exact) mass is 342 g/mol. The predicted molar refractivity (Wildman–Crippen MR) is 100 cm³/mol. The van der Waals surface area contributed by atoms with Crippen LogP contribution in [-0.2, 0) is 16.0 Å². The van der Waals surface area contributed by atoms with Gasteiger partial charge in [-0.3, -0.25) is 4.79 Å². The van der Waals surface area contributed by atoms with E-state index in [0.29, 0.717) is 13.0 Å². The number of anilines is 1. The lowest BCUT2D eigenvalue weighted by molar-refractivity contribution is -0.116. The summed E-state index contributed by atoms with van der Waals surface area (Å²) in [4.78, 5) is 11.8. The zero-order valence-corrected chi connectivity index (χ0v) is 14.9. The lowest BCUT2D eigenvalue weighted by Gasteiger charge is -2.09. The molecule has 0 atom stereocenters. The van der Waals surface area contributed by atoms with E-state index < -0.39 is 0 Å². The van der Waals surface area contributed by atoms with Crippen molar-refractivity contribution in [3.63, 3.8) is 0 Å². The molecule has 134 valence electrons. The minimum Gasteiger partial charge on any atom is -0.457 e. The van der Waals surface area contributed by atoms with Crippen molar-refractivity contribution < 1.29 is 14.3 Å². The smallest absolute Gasteiger partial charge is 0.224 e. The minimum absolute atomic E-state index is 0.0237. The van der Waals surface area contributed by atoms with E-state index in [0.717, 1.165) is 36.6 Å². The number of carbonyl (C=O) groups excluding carboxylic acids is 1. The Morgan fingerprint density at radius 3 is 2.24 bits per heavy atom. The van der Waals surface area contributed by atoms with Gasteiger partial charge in [0.15, 0.2) is 0 Å². The standard InChI is InChI=1S/C20H26N2O3/c1-21-14-3-4-20(23)22-17-7-11-19(12-8-17)25-18-9-5-16(6-10-18)13-15-24-2/h5-12,21H,3-4,13-15H2,1-2H3,(H,22,23). The molecule has 0 radical (unpaired) electrons. The molecule has 0 saturated carbocycles. The summed E-state index contributed by atoms with van der Waals surface area (Å²) < 4.78 is 10.9. The van der Waals surface area contributed by atoms with Crippen LogP contribution in [-0.4, -0.2) is 33.2 Å². The highest BCUT2D eigenvalue weighted by atomic mass is 16.5. The van der Waals surface area contributed by atoms with E-state index in [9.17, 15) is 4.79 Å². The second-order valence-corrected chi connectivity index (χ2v) is 5.77. The number of hydrogen-bond acceptors (Lipinski definition) is 4. The summed E-state index contributed by atoms with van der Waals surface area (Å²) in [5, 5.41) is 5.91. The van der Waals surface area contributed by atoms with Crippen LogP contribution in [0.3, 0.4) is 0 Å². The third kappa shape index (κ3) is 6.95. The van der Waals surface area contributed by atoms with Gasteiger partial charge in [0.2, 0.25) is 5.91 Å². The second kappa shape index (κ2) is 10.5. The highest BCUT2D eigenvalue weighted by molar-refractivity contribution is 5.90. The van der Waals surface area contributed by atoms with Crippen molar-refractivity contribution in [3.8, 4) is 11.5 Å².